The highest BCUT2D eigenvalue weighted by Gasteiger charge is 2.28. The SMILES string of the molecule is Cc1cc(NC(=O)COC(=O)[C@H]2COc3ccc(Cl)cc3C2)no1. The van der Waals surface area contributed by atoms with E-state index in [2.05, 4.69) is 10.5 Å². The van der Waals surface area contributed by atoms with Crippen LogP contribution in [0.25, 0.3) is 0 Å². The molecule has 2 heterocycles. The largest absolute Gasteiger partial charge is 0.492 e. The second-order valence-electron chi connectivity index (χ2n) is 5.44. The van der Waals surface area contributed by atoms with Gasteiger partial charge in [-0.05, 0) is 37.1 Å². The maximum atomic E-state index is 12.1. The molecule has 1 atom stereocenters. The molecule has 1 N–H and O–H groups in total. The van der Waals surface area contributed by atoms with Crippen molar-refractivity contribution in [3.8, 4) is 5.75 Å². The van der Waals surface area contributed by atoms with E-state index in [-0.39, 0.29) is 12.4 Å². The predicted molar refractivity (Wildman–Crippen MR) is 85.0 cm³/mol. The van der Waals surface area contributed by atoms with Crippen molar-refractivity contribution in [3.05, 3.63) is 40.6 Å². The molecule has 0 spiro atoms. The summed E-state index contributed by atoms with van der Waals surface area (Å²) in [5.74, 6) is 0.0988. The van der Waals surface area contributed by atoms with Crippen LogP contribution >= 0.6 is 11.6 Å². The van der Waals surface area contributed by atoms with E-state index in [1.165, 1.54) is 0 Å². The third-order valence-electron chi connectivity index (χ3n) is 3.50. The summed E-state index contributed by atoms with van der Waals surface area (Å²) in [6.45, 7) is 1.51. The Bertz CT molecular complexity index is 774. The van der Waals surface area contributed by atoms with E-state index in [0.29, 0.717) is 23.0 Å². The van der Waals surface area contributed by atoms with Gasteiger partial charge < -0.3 is 19.3 Å². The first kappa shape index (κ1) is 16.3. The minimum absolute atomic E-state index is 0.206. The molecule has 7 nitrogen and oxygen atoms in total. The van der Waals surface area contributed by atoms with E-state index in [1.807, 2.05) is 0 Å². The van der Waals surface area contributed by atoms with Gasteiger partial charge in [0.25, 0.3) is 5.91 Å². The fourth-order valence-corrected chi connectivity index (χ4v) is 2.57. The number of nitrogens with zero attached hydrogens (tertiary/aromatic N) is 1. The minimum atomic E-state index is -0.493. The summed E-state index contributed by atoms with van der Waals surface area (Å²) in [4.78, 5) is 23.8. The monoisotopic (exact) mass is 350 g/mol. The molecule has 2 aromatic rings. The van der Waals surface area contributed by atoms with E-state index in [1.54, 1.807) is 31.2 Å². The van der Waals surface area contributed by atoms with Crippen LogP contribution in [0.5, 0.6) is 5.75 Å². The van der Waals surface area contributed by atoms with Gasteiger partial charge in [0.05, 0.1) is 5.92 Å². The van der Waals surface area contributed by atoms with E-state index in [0.717, 1.165) is 5.56 Å². The number of hydrogen-bond donors (Lipinski definition) is 1. The standard InChI is InChI=1S/C16H15ClN2O5/c1-9-4-14(19-24-9)18-15(20)8-23-16(21)11-5-10-6-12(17)2-3-13(10)22-7-11/h2-4,6,11H,5,7-8H2,1H3,(H,18,19,20)/t11-/m1/s1. The molecule has 0 saturated carbocycles. The van der Waals surface area contributed by atoms with E-state index < -0.39 is 24.4 Å². The number of carbonyl (C=O) groups is 2. The molecule has 1 aromatic heterocycles. The zero-order valence-electron chi connectivity index (χ0n) is 12.9. The number of anilines is 1. The van der Waals surface area contributed by atoms with Crippen LogP contribution in [0.15, 0.2) is 28.8 Å². The lowest BCUT2D eigenvalue weighted by molar-refractivity contribution is -0.152. The van der Waals surface area contributed by atoms with Crippen molar-refractivity contribution >= 4 is 29.3 Å². The number of aromatic nitrogens is 1. The van der Waals surface area contributed by atoms with Gasteiger partial charge in [-0.1, -0.05) is 16.8 Å². The molecule has 24 heavy (non-hydrogen) atoms. The van der Waals surface area contributed by atoms with Crippen LogP contribution in [0.2, 0.25) is 5.02 Å². The fourth-order valence-electron chi connectivity index (χ4n) is 2.37. The van der Waals surface area contributed by atoms with Crippen molar-refractivity contribution in [3.63, 3.8) is 0 Å². The van der Waals surface area contributed by atoms with Crippen LogP contribution in [0.1, 0.15) is 11.3 Å². The van der Waals surface area contributed by atoms with Gasteiger partial charge in [-0.2, -0.15) is 0 Å². The van der Waals surface area contributed by atoms with Crippen LogP contribution in [0, 0.1) is 12.8 Å². The second-order valence-corrected chi connectivity index (χ2v) is 5.88. The number of esters is 1. The molecule has 0 fully saturated rings. The van der Waals surface area contributed by atoms with Gasteiger partial charge >= 0.3 is 5.97 Å². The molecular weight excluding hydrogens is 336 g/mol. The number of nitrogens with one attached hydrogen (secondary N) is 1. The van der Waals surface area contributed by atoms with Crippen molar-refractivity contribution in [1.82, 2.24) is 5.16 Å². The Kier molecular flexibility index (Phi) is 4.71. The van der Waals surface area contributed by atoms with Gasteiger partial charge in [-0.15, -0.1) is 0 Å². The molecule has 0 radical (unpaired) electrons. The second kappa shape index (κ2) is 6.92. The summed E-state index contributed by atoms with van der Waals surface area (Å²) >= 11 is 5.95. The number of hydrogen-bond acceptors (Lipinski definition) is 6. The van der Waals surface area contributed by atoms with Crippen LogP contribution < -0.4 is 10.1 Å². The Hall–Kier alpha value is -2.54. The van der Waals surface area contributed by atoms with Crippen molar-refractivity contribution < 1.29 is 23.6 Å². The number of carbonyl (C=O) groups excluding carboxylic acids is 2. The first-order valence-electron chi connectivity index (χ1n) is 7.32. The summed E-state index contributed by atoms with van der Waals surface area (Å²) < 4.78 is 15.4. The molecule has 0 saturated heterocycles. The third-order valence-corrected chi connectivity index (χ3v) is 3.74. The number of fused-ring (bicyclic) bond motifs is 1. The first-order valence-corrected chi connectivity index (χ1v) is 7.70. The zero-order chi connectivity index (χ0) is 17.1. The Labute approximate surface area is 142 Å². The quantitative estimate of drug-likeness (QED) is 0.851. The molecule has 1 amide bonds. The number of benzene rings is 1. The van der Waals surface area contributed by atoms with Gasteiger partial charge in [0.1, 0.15) is 18.1 Å². The van der Waals surface area contributed by atoms with Crippen molar-refractivity contribution in [2.75, 3.05) is 18.5 Å². The van der Waals surface area contributed by atoms with Crippen molar-refractivity contribution in [2.24, 2.45) is 5.92 Å². The van der Waals surface area contributed by atoms with E-state index in [4.69, 9.17) is 25.6 Å². The fraction of sp³-hybridized carbons (Fsp3) is 0.312. The van der Waals surface area contributed by atoms with Crippen LogP contribution in [-0.2, 0) is 20.7 Å². The summed E-state index contributed by atoms with van der Waals surface area (Å²) in [5.41, 5.74) is 0.846. The van der Waals surface area contributed by atoms with Gasteiger partial charge in [0.2, 0.25) is 0 Å². The normalized spacial score (nSPS) is 16.0. The lowest BCUT2D eigenvalue weighted by Gasteiger charge is -2.24. The van der Waals surface area contributed by atoms with Gasteiger partial charge in [0, 0.05) is 11.1 Å². The molecule has 0 unspecified atom stereocenters. The zero-order valence-corrected chi connectivity index (χ0v) is 13.6. The Morgan fingerprint density at radius 2 is 2.25 bits per heavy atom. The molecule has 3 rings (SSSR count). The molecule has 1 aromatic carbocycles. The Morgan fingerprint density at radius 3 is 3.00 bits per heavy atom. The first-order chi connectivity index (χ1) is 11.5. The number of rotatable bonds is 4. The average Bonchev–Trinajstić information content (AvgIpc) is 2.96. The van der Waals surface area contributed by atoms with Crippen molar-refractivity contribution in [1.29, 1.82) is 0 Å². The van der Waals surface area contributed by atoms with Gasteiger partial charge in [0.15, 0.2) is 12.4 Å². The van der Waals surface area contributed by atoms with Crippen molar-refractivity contribution in [2.45, 2.75) is 13.3 Å². The molecule has 0 aliphatic carbocycles. The average molecular weight is 351 g/mol. The van der Waals surface area contributed by atoms with E-state index in [9.17, 15) is 9.59 Å². The molecule has 1 aliphatic heterocycles. The molecule has 126 valence electrons. The molecule has 0 bridgehead atoms. The number of amides is 1. The summed E-state index contributed by atoms with van der Waals surface area (Å²) in [6, 6.07) is 6.83. The Morgan fingerprint density at radius 1 is 1.42 bits per heavy atom. The summed E-state index contributed by atoms with van der Waals surface area (Å²) in [5, 5.41) is 6.68. The highest BCUT2D eigenvalue weighted by Crippen LogP contribution is 2.30. The maximum absolute atomic E-state index is 12.1. The van der Waals surface area contributed by atoms with Crippen LogP contribution in [0.4, 0.5) is 5.82 Å². The highest BCUT2D eigenvalue weighted by molar-refractivity contribution is 6.30. The highest BCUT2D eigenvalue weighted by atomic mass is 35.5. The lowest BCUT2D eigenvalue weighted by atomic mass is 9.97. The molecule has 1 aliphatic rings. The maximum Gasteiger partial charge on any atom is 0.313 e. The van der Waals surface area contributed by atoms with Crippen LogP contribution in [-0.4, -0.2) is 30.2 Å². The van der Waals surface area contributed by atoms with E-state index >= 15 is 0 Å². The summed E-state index contributed by atoms with van der Waals surface area (Å²) in [7, 11) is 0. The third kappa shape index (κ3) is 3.86. The Balaban J connectivity index is 1.51. The predicted octanol–water partition coefficient (Wildman–Crippen LogP) is 2.37. The molecule has 8 heteroatoms. The molecular formula is C16H15ClN2O5. The van der Waals surface area contributed by atoms with Crippen LogP contribution in [0.3, 0.4) is 0 Å². The topological polar surface area (TPSA) is 90.7 Å². The van der Waals surface area contributed by atoms with Gasteiger partial charge in [-0.3, -0.25) is 9.59 Å². The smallest absolute Gasteiger partial charge is 0.313 e. The number of aryl methyl sites for hydroxylation is 1. The summed E-state index contributed by atoms with van der Waals surface area (Å²) in [6.07, 6.45) is 0.457. The van der Waals surface area contributed by atoms with Gasteiger partial charge in [-0.25, -0.2) is 0 Å². The number of halogens is 1. The minimum Gasteiger partial charge on any atom is -0.492 e. The lowest BCUT2D eigenvalue weighted by Crippen LogP contribution is -2.32. The number of ether oxygens (including phenoxy) is 2.